The van der Waals surface area contributed by atoms with Crippen LogP contribution in [0.15, 0.2) is 24.3 Å². The van der Waals surface area contributed by atoms with E-state index in [4.69, 9.17) is 0 Å². The summed E-state index contributed by atoms with van der Waals surface area (Å²) in [5.41, 5.74) is 0.957. The van der Waals surface area contributed by atoms with E-state index in [9.17, 15) is 8.42 Å². The van der Waals surface area contributed by atoms with Crippen molar-refractivity contribution in [2.75, 3.05) is 20.1 Å². The van der Waals surface area contributed by atoms with Crippen molar-refractivity contribution in [3.05, 3.63) is 33.4 Å². The van der Waals surface area contributed by atoms with E-state index in [1.54, 1.807) is 0 Å². The lowest BCUT2D eigenvalue weighted by atomic mass is 10.1. The summed E-state index contributed by atoms with van der Waals surface area (Å²) in [6.07, 6.45) is 4.41. The highest BCUT2D eigenvalue weighted by Crippen LogP contribution is 2.18. The molecule has 1 saturated heterocycles. The Morgan fingerprint density at radius 1 is 1.27 bits per heavy atom. The van der Waals surface area contributed by atoms with Crippen LogP contribution in [-0.2, 0) is 16.8 Å². The fraction of sp³-hybridized carbons (Fsp3) is 0.600. The molecule has 0 aliphatic carbocycles. The van der Waals surface area contributed by atoms with E-state index in [2.05, 4.69) is 44.0 Å². The molecule has 0 amide bonds. The van der Waals surface area contributed by atoms with Gasteiger partial charge in [0.15, 0.2) is 0 Å². The van der Waals surface area contributed by atoms with Crippen LogP contribution in [-0.4, -0.2) is 39.5 Å². The molecule has 2 rings (SSSR count). The van der Waals surface area contributed by atoms with Gasteiger partial charge in [-0.3, -0.25) is 0 Å². The fourth-order valence-corrected chi connectivity index (χ4v) is 3.95. The molecule has 2 N–H and O–H groups in total. The lowest BCUT2D eigenvalue weighted by Crippen LogP contribution is -2.37. The Morgan fingerprint density at radius 2 is 2.00 bits per heavy atom. The molecule has 1 aromatic carbocycles. The first-order valence-corrected chi connectivity index (χ1v) is 10.2. The van der Waals surface area contributed by atoms with Gasteiger partial charge in [-0.2, -0.15) is 13.1 Å². The number of hydrogen-bond acceptors (Lipinski definition) is 3. The minimum absolute atomic E-state index is 0.317. The maximum absolute atomic E-state index is 11.9. The predicted molar refractivity (Wildman–Crippen MR) is 97.8 cm³/mol. The molecule has 22 heavy (non-hydrogen) atoms. The molecular formula is C15H24IN3O2S. The van der Waals surface area contributed by atoms with Crippen LogP contribution in [0.2, 0.25) is 0 Å². The summed E-state index contributed by atoms with van der Waals surface area (Å²) >= 11 is 2.23. The van der Waals surface area contributed by atoms with Gasteiger partial charge in [-0.15, -0.1) is 0 Å². The molecule has 1 aliphatic heterocycles. The molecule has 0 saturated carbocycles. The zero-order valence-electron chi connectivity index (χ0n) is 12.9. The topological polar surface area (TPSA) is 61.4 Å². The first-order chi connectivity index (χ1) is 10.5. The number of likely N-dealkylation sites (tertiary alicyclic amines) is 1. The van der Waals surface area contributed by atoms with Crippen molar-refractivity contribution in [2.45, 2.75) is 38.3 Å². The van der Waals surface area contributed by atoms with Gasteiger partial charge in [0.25, 0.3) is 10.2 Å². The van der Waals surface area contributed by atoms with Crippen molar-refractivity contribution in [1.29, 1.82) is 0 Å². The van der Waals surface area contributed by atoms with E-state index in [1.165, 1.54) is 12.8 Å². The van der Waals surface area contributed by atoms with E-state index < -0.39 is 10.2 Å². The van der Waals surface area contributed by atoms with Gasteiger partial charge in [0, 0.05) is 22.7 Å². The van der Waals surface area contributed by atoms with Gasteiger partial charge in [-0.05, 0) is 79.6 Å². The molecule has 0 radical (unpaired) electrons. The summed E-state index contributed by atoms with van der Waals surface area (Å²) in [6, 6.07) is 8.41. The van der Waals surface area contributed by atoms with Gasteiger partial charge in [-0.1, -0.05) is 12.1 Å². The SMILES string of the molecule is CN1CCC[C@H]1CCCNS(=O)(=O)NCc1ccc(I)cc1. The molecule has 0 spiro atoms. The summed E-state index contributed by atoms with van der Waals surface area (Å²) < 4.78 is 30.1. The average Bonchev–Trinajstić information content (AvgIpc) is 2.89. The second-order valence-corrected chi connectivity index (χ2v) is 8.59. The molecule has 1 fully saturated rings. The molecule has 0 aromatic heterocycles. The quantitative estimate of drug-likeness (QED) is 0.484. The van der Waals surface area contributed by atoms with Crippen LogP contribution in [0.3, 0.4) is 0 Å². The zero-order valence-corrected chi connectivity index (χ0v) is 15.9. The van der Waals surface area contributed by atoms with Gasteiger partial charge in [0.05, 0.1) is 0 Å². The second kappa shape index (κ2) is 8.58. The maximum Gasteiger partial charge on any atom is 0.277 e. The third kappa shape index (κ3) is 6.11. The highest BCUT2D eigenvalue weighted by molar-refractivity contribution is 14.1. The zero-order chi connectivity index (χ0) is 16.0. The average molecular weight is 437 g/mol. The van der Waals surface area contributed by atoms with Crippen LogP contribution >= 0.6 is 22.6 Å². The highest BCUT2D eigenvalue weighted by Gasteiger charge is 2.20. The molecule has 1 aromatic rings. The second-order valence-electron chi connectivity index (χ2n) is 5.76. The monoisotopic (exact) mass is 437 g/mol. The number of nitrogens with one attached hydrogen (secondary N) is 2. The lowest BCUT2D eigenvalue weighted by molar-refractivity contribution is 0.292. The van der Waals surface area contributed by atoms with Crippen LogP contribution in [0.1, 0.15) is 31.2 Å². The van der Waals surface area contributed by atoms with Gasteiger partial charge >= 0.3 is 0 Å². The Hall–Kier alpha value is -0.220. The highest BCUT2D eigenvalue weighted by atomic mass is 127. The molecule has 7 heteroatoms. The van der Waals surface area contributed by atoms with E-state index in [0.29, 0.717) is 19.1 Å². The first-order valence-electron chi connectivity index (χ1n) is 7.65. The van der Waals surface area contributed by atoms with Crippen molar-refractivity contribution in [3.8, 4) is 0 Å². The van der Waals surface area contributed by atoms with Crippen molar-refractivity contribution in [3.63, 3.8) is 0 Å². The van der Waals surface area contributed by atoms with Crippen LogP contribution in [0.25, 0.3) is 0 Å². The van der Waals surface area contributed by atoms with E-state index >= 15 is 0 Å². The minimum atomic E-state index is -3.41. The number of rotatable bonds is 8. The summed E-state index contributed by atoms with van der Waals surface area (Å²) in [5, 5.41) is 0. The Labute approximate surface area is 147 Å². The first kappa shape index (κ1) is 18.1. The van der Waals surface area contributed by atoms with Gasteiger partial charge in [-0.25, -0.2) is 4.72 Å². The third-order valence-electron chi connectivity index (χ3n) is 4.06. The molecule has 124 valence electrons. The molecule has 1 aliphatic rings. The normalized spacial score (nSPS) is 19.6. The third-order valence-corrected chi connectivity index (χ3v) is 5.88. The molecule has 0 bridgehead atoms. The Bertz CT molecular complexity index is 563. The van der Waals surface area contributed by atoms with Crippen LogP contribution in [0, 0.1) is 3.57 Å². The van der Waals surface area contributed by atoms with Crippen LogP contribution in [0.4, 0.5) is 0 Å². The standard InChI is InChI=1S/C15H24IN3O2S/c1-19-11-3-5-15(19)4-2-10-17-22(20,21)18-12-13-6-8-14(16)9-7-13/h6-9,15,17-18H,2-5,10-12H2,1H3/t15-/m1/s1. The Balaban J connectivity index is 1.66. The molecule has 0 unspecified atom stereocenters. The minimum Gasteiger partial charge on any atom is -0.303 e. The number of nitrogens with zero attached hydrogens (tertiary/aromatic N) is 1. The predicted octanol–water partition coefficient (Wildman–Crippen LogP) is 2.09. The molecular weight excluding hydrogens is 413 g/mol. The molecule has 5 nitrogen and oxygen atoms in total. The van der Waals surface area contributed by atoms with Crippen molar-refractivity contribution >= 4 is 32.8 Å². The lowest BCUT2D eigenvalue weighted by Gasteiger charge is -2.19. The van der Waals surface area contributed by atoms with Crippen LogP contribution in [0.5, 0.6) is 0 Å². The fourth-order valence-electron chi connectivity index (χ4n) is 2.72. The van der Waals surface area contributed by atoms with Gasteiger partial charge in [0.1, 0.15) is 0 Å². The van der Waals surface area contributed by atoms with Gasteiger partial charge < -0.3 is 4.90 Å². The van der Waals surface area contributed by atoms with Crippen LogP contribution < -0.4 is 9.44 Å². The Kier molecular flexibility index (Phi) is 7.07. The Morgan fingerprint density at radius 3 is 2.64 bits per heavy atom. The number of hydrogen-bond donors (Lipinski definition) is 2. The van der Waals surface area contributed by atoms with Crippen molar-refractivity contribution in [2.24, 2.45) is 0 Å². The van der Waals surface area contributed by atoms with E-state index in [0.717, 1.165) is 28.5 Å². The van der Waals surface area contributed by atoms with Crippen molar-refractivity contribution in [1.82, 2.24) is 14.3 Å². The molecule has 1 atom stereocenters. The summed E-state index contributed by atoms with van der Waals surface area (Å²) in [7, 11) is -1.27. The molecule has 1 heterocycles. The largest absolute Gasteiger partial charge is 0.303 e. The van der Waals surface area contributed by atoms with E-state index in [1.807, 2.05) is 24.3 Å². The summed E-state index contributed by atoms with van der Waals surface area (Å²) in [6.45, 7) is 1.97. The maximum atomic E-state index is 11.9. The summed E-state index contributed by atoms with van der Waals surface area (Å²) in [4.78, 5) is 2.36. The van der Waals surface area contributed by atoms with E-state index in [-0.39, 0.29) is 0 Å². The van der Waals surface area contributed by atoms with Crippen molar-refractivity contribution < 1.29 is 8.42 Å². The summed E-state index contributed by atoms with van der Waals surface area (Å²) in [5.74, 6) is 0. The number of halogens is 1. The smallest absolute Gasteiger partial charge is 0.277 e. The number of benzene rings is 1. The van der Waals surface area contributed by atoms with Gasteiger partial charge in [0.2, 0.25) is 0 Å².